The van der Waals surface area contributed by atoms with E-state index in [1.165, 1.54) is 44.2 Å². The zero-order valence-corrected chi connectivity index (χ0v) is 19.3. The molecule has 10 heteroatoms. The third kappa shape index (κ3) is 4.97. The number of hydrogen-bond donors (Lipinski definition) is 0. The van der Waals surface area contributed by atoms with Crippen LogP contribution in [0.1, 0.15) is 21.7 Å². The van der Waals surface area contributed by atoms with Crippen LogP contribution in [0.3, 0.4) is 0 Å². The highest BCUT2D eigenvalue weighted by Gasteiger charge is 2.30. The number of amides is 1. The van der Waals surface area contributed by atoms with Crippen molar-refractivity contribution in [2.75, 3.05) is 26.2 Å². The summed E-state index contributed by atoms with van der Waals surface area (Å²) in [6.07, 6.45) is 1.52. The predicted molar refractivity (Wildman–Crippen MR) is 126 cm³/mol. The Morgan fingerprint density at radius 1 is 1.00 bits per heavy atom. The van der Waals surface area contributed by atoms with Crippen LogP contribution >= 0.6 is 0 Å². The molecule has 1 aromatic heterocycles. The summed E-state index contributed by atoms with van der Waals surface area (Å²) >= 11 is 0. The summed E-state index contributed by atoms with van der Waals surface area (Å²) in [7, 11) is -3.66. The number of carbonyl (C=O) groups is 1. The van der Waals surface area contributed by atoms with E-state index in [1.54, 1.807) is 25.1 Å². The van der Waals surface area contributed by atoms with Gasteiger partial charge in [-0.2, -0.15) is 9.40 Å². The summed E-state index contributed by atoms with van der Waals surface area (Å²) in [6, 6.07) is 16.2. The Morgan fingerprint density at radius 3 is 2.32 bits per heavy atom. The molecule has 0 spiro atoms. The lowest BCUT2D eigenvalue weighted by molar-refractivity contribution is 0.0689. The Morgan fingerprint density at radius 2 is 1.65 bits per heavy atom. The van der Waals surface area contributed by atoms with E-state index in [1.807, 2.05) is 18.2 Å². The Kier molecular flexibility index (Phi) is 6.71. The largest absolute Gasteiger partial charge is 0.334 e. The van der Waals surface area contributed by atoms with Crippen molar-refractivity contribution in [3.63, 3.8) is 0 Å². The van der Waals surface area contributed by atoms with Crippen LogP contribution in [0.4, 0.5) is 4.39 Å². The smallest absolute Gasteiger partial charge is 0.278 e. The second-order valence-electron chi connectivity index (χ2n) is 7.81. The monoisotopic (exact) mass is 482 g/mol. The summed E-state index contributed by atoms with van der Waals surface area (Å²) in [5, 5.41) is 5.29. The molecule has 34 heavy (non-hydrogen) atoms. The lowest BCUT2D eigenvalue weighted by atomic mass is 10.2. The van der Waals surface area contributed by atoms with Gasteiger partial charge in [-0.15, -0.1) is 0 Å². The van der Waals surface area contributed by atoms with E-state index in [0.717, 1.165) is 11.0 Å². The van der Waals surface area contributed by atoms with Crippen LogP contribution in [0.2, 0.25) is 0 Å². The number of sulfonamides is 1. The SMILES string of the molecule is Cc1cc(=O)c(C(=O)N2CCN(S(=O)(=O)/C=C/c3ccccc3)CC2)nn1-c1ccccc1F. The summed E-state index contributed by atoms with van der Waals surface area (Å²) in [6.45, 7) is 1.97. The molecule has 0 unspecified atom stereocenters. The van der Waals surface area contributed by atoms with Crippen LogP contribution in [0.25, 0.3) is 11.8 Å². The average Bonchev–Trinajstić information content (AvgIpc) is 2.84. The molecule has 3 aromatic rings. The average molecular weight is 483 g/mol. The van der Waals surface area contributed by atoms with Gasteiger partial charge in [-0.05, 0) is 30.7 Å². The van der Waals surface area contributed by atoms with Gasteiger partial charge in [0.1, 0.15) is 11.5 Å². The molecule has 0 bridgehead atoms. The van der Waals surface area contributed by atoms with Gasteiger partial charge in [-0.3, -0.25) is 9.59 Å². The van der Waals surface area contributed by atoms with Gasteiger partial charge in [-0.25, -0.2) is 17.5 Å². The van der Waals surface area contributed by atoms with Crippen molar-refractivity contribution in [3.05, 3.63) is 99.1 Å². The van der Waals surface area contributed by atoms with Gasteiger partial charge in [0, 0.05) is 43.3 Å². The molecule has 8 nitrogen and oxygen atoms in total. The topological polar surface area (TPSA) is 92.6 Å². The minimum absolute atomic E-state index is 0.0839. The third-order valence-electron chi connectivity index (χ3n) is 5.51. The second-order valence-corrected chi connectivity index (χ2v) is 9.63. The number of hydrogen-bond acceptors (Lipinski definition) is 5. The minimum Gasteiger partial charge on any atom is -0.334 e. The minimum atomic E-state index is -3.66. The molecular weight excluding hydrogens is 459 g/mol. The molecule has 4 rings (SSSR count). The van der Waals surface area contributed by atoms with Crippen LogP contribution in [-0.2, 0) is 10.0 Å². The molecule has 0 saturated carbocycles. The number of aromatic nitrogens is 2. The maximum atomic E-state index is 14.3. The maximum Gasteiger partial charge on any atom is 0.278 e. The molecule has 1 amide bonds. The van der Waals surface area contributed by atoms with Crippen molar-refractivity contribution in [3.8, 4) is 5.69 Å². The van der Waals surface area contributed by atoms with E-state index >= 15 is 0 Å². The Bertz CT molecular complexity index is 1400. The second kappa shape index (κ2) is 9.70. The molecule has 1 fully saturated rings. The molecule has 0 aliphatic carbocycles. The van der Waals surface area contributed by atoms with Gasteiger partial charge >= 0.3 is 0 Å². The van der Waals surface area contributed by atoms with Gasteiger partial charge in [-0.1, -0.05) is 42.5 Å². The van der Waals surface area contributed by atoms with Crippen LogP contribution in [-0.4, -0.2) is 59.5 Å². The van der Waals surface area contributed by atoms with Crippen molar-refractivity contribution in [1.82, 2.24) is 19.0 Å². The van der Waals surface area contributed by atoms with Gasteiger partial charge in [0.05, 0.1) is 0 Å². The van der Waals surface area contributed by atoms with Crippen molar-refractivity contribution in [2.24, 2.45) is 0 Å². The van der Waals surface area contributed by atoms with Gasteiger partial charge in [0.15, 0.2) is 5.69 Å². The van der Waals surface area contributed by atoms with Gasteiger partial charge in [0.2, 0.25) is 15.5 Å². The fraction of sp³-hybridized carbons (Fsp3) is 0.208. The standard InChI is InChI=1S/C24H23FN4O4S/c1-18-17-22(30)23(26-29(18)21-10-6-5-9-20(21)25)24(31)27-12-14-28(15-13-27)34(32,33)16-11-19-7-3-2-4-8-19/h2-11,16-17H,12-15H2,1H3/b16-11+. The normalized spacial score (nSPS) is 15.1. The van der Waals surface area contributed by atoms with Crippen molar-refractivity contribution < 1.29 is 17.6 Å². The lowest BCUT2D eigenvalue weighted by Gasteiger charge is -2.33. The van der Waals surface area contributed by atoms with Crippen molar-refractivity contribution >= 4 is 22.0 Å². The van der Waals surface area contributed by atoms with Crippen molar-refractivity contribution in [2.45, 2.75) is 6.92 Å². The first-order chi connectivity index (χ1) is 16.3. The molecule has 2 aromatic carbocycles. The number of benzene rings is 2. The molecule has 0 N–H and O–H groups in total. The first-order valence-electron chi connectivity index (χ1n) is 10.6. The molecule has 0 radical (unpaired) electrons. The summed E-state index contributed by atoms with van der Waals surface area (Å²) < 4.78 is 42.1. The molecule has 176 valence electrons. The van der Waals surface area contributed by atoms with E-state index in [-0.39, 0.29) is 37.6 Å². The molecular formula is C24H23FN4O4S. The Labute approximate surface area is 196 Å². The number of rotatable bonds is 5. The van der Waals surface area contributed by atoms with Crippen LogP contribution < -0.4 is 5.43 Å². The third-order valence-corrected chi connectivity index (χ3v) is 7.07. The van der Waals surface area contributed by atoms with Crippen LogP contribution in [0.15, 0.2) is 70.9 Å². The summed E-state index contributed by atoms with van der Waals surface area (Å²) in [5.74, 6) is -1.16. The maximum absolute atomic E-state index is 14.3. The first kappa shape index (κ1) is 23.5. The van der Waals surface area contributed by atoms with Crippen LogP contribution in [0.5, 0.6) is 0 Å². The number of para-hydroxylation sites is 1. The van der Waals surface area contributed by atoms with Gasteiger partial charge < -0.3 is 4.90 Å². The molecule has 1 saturated heterocycles. The van der Waals surface area contributed by atoms with Crippen LogP contribution in [0, 0.1) is 12.7 Å². The quantitative estimate of drug-likeness (QED) is 0.557. The number of aryl methyl sites for hydroxylation is 1. The predicted octanol–water partition coefficient (Wildman–Crippen LogP) is 2.44. The zero-order chi connectivity index (χ0) is 24.3. The van der Waals surface area contributed by atoms with E-state index < -0.39 is 27.2 Å². The first-order valence-corrected chi connectivity index (χ1v) is 12.1. The molecule has 0 atom stereocenters. The fourth-order valence-electron chi connectivity index (χ4n) is 3.67. The summed E-state index contributed by atoms with van der Waals surface area (Å²) in [4.78, 5) is 26.9. The van der Waals surface area contributed by atoms with E-state index in [2.05, 4.69) is 5.10 Å². The Balaban J connectivity index is 1.50. The molecule has 1 aliphatic heterocycles. The highest BCUT2D eigenvalue weighted by atomic mass is 32.2. The van der Waals surface area contributed by atoms with E-state index in [9.17, 15) is 22.4 Å². The highest BCUT2D eigenvalue weighted by Crippen LogP contribution is 2.15. The Hall–Kier alpha value is -3.63. The molecule has 2 heterocycles. The van der Waals surface area contributed by atoms with Gasteiger partial charge in [0.25, 0.3) is 5.91 Å². The number of piperazine rings is 1. The molecule has 1 aliphatic rings. The van der Waals surface area contributed by atoms with E-state index in [4.69, 9.17) is 0 Å². The number of halogens is 1. The number of carbonyl (C=O) groups excluding carboxylic acids is 1. The highest BCUT2D eigenvalue weighted by molar-refractivity contribution is 7.92. The van der Waals surface area contributed by atoms with Crippen molar-refractivity contribution in [1.29, 1.82) is 0 Å². The fourth-order valence-corrected chi connectivity index (χ4v) is 4.85. The summed E-state index contributed by atoms with van der Waals surface area (Å²) in [5.41, 5.74) is 0.351. The lowest BCUT2D eigenvalue weighted by Crippen LogP contribution is -2.51. The zero-order valence-electron chi connectivity index (χ0n) is 18.5. The number of nitrogens with zero attached hydrogens (tertiary/aromatic N) is 4. The van der Waals surface area contributed by atoms with E-state index in [0.29, 0.717) is 5.69 Å².